The highest BCUT2D eigenvalue weighted by molar-refractivity contribution is 5.75. The predicted octanol–water partition coefficient (Wildman–Crippen LogP) is 0.823. The lowest BCUT2D eigenvalue weighted by Gasteiger charge is -2.25. The molecule has 4 heterocycles. The number of aryl methyl sites for hydroxylation is 1. The van der Waals surface area contributed by atoms with E-state index in [1.165, 1.54) is 14.7 Å². The molecule has 0 bridgehead atoms. The van der Waals surface area contributed by atoms with E-state index in [0.29, 0.717) is 36.3 Å². The molecule has 2 aromatic heterocycles. The van der Waals surface area contributed by atoms with Crippen LogP contribution in [0.4, 0.5) is 5.95 Å². The smallest absolute Gasteiger partial charge is 0.332 e. The molecule has 0 spiro atoms. The van der Waals surface area contributed by atoms with Crippen molar-refractivity contribution in [3.05, 3.63) is 32.5 Å². The van der Waals surface area contributed by atoms with Crippen molar-refractivity contribution in [2.24, 2.45) is 7.05 Å². The molecule has 0 amide bonds. The summed E-state index contributed by atoms with van der Waals surface area (Å²) in [6.45, 7) is 8.77. The van der Waals surface area contributed by atoms with Crippen LogP contribution >= 0.6 is 0 Å². The molecule has 0 aromatic carbocycles. The number of hydrogen-bond donors (Lipinski definition) is 1. The van der Waals surface area contributed by atoms with Crippen LogP contribution in [-0.4, -0.2) is 43.9 Å². The summed E-state index contributed by atoms with van der Waals surface area (Å²) in [6, 6.07) is 0.885. The molecule has 1 N–H and O–H groups in total. The Morgan fingerprint density at radius 2 is 2.04 bits per heavy atom. The molecule has 2 aliphatic heterocycles. The summed E-state index contributed by atoms with van der Waals surface area (Å²) in [5, 5.41) is 3.56. The molecule has 0 radical (unpaired) electrons. The normalized spacial score (nSPS) is 21.9. The quantitative estimate of drug-likeness (QED) is 0.805. The highest BCUT2D eigenvalue weighted by Crippen LogP contribution is 2.31. The maximum Gasteiger partial charge on any atom is 0.332 e. The van der Waals surface area contributed by atoms with E-state index in [4.69, 9.17) is 4.98 Å². The third-order valence-electron chi connectivity index (χ3n) is 5.86. The number of nitrogens with one attached hydrogen (secondary N) is 1. The fourth-order valence-electron chi connectivity index (χ4n) is 4.42. The highest BCUT2D eigenvalue weighted by Gasteiger charge is 2.39. The Kier molecular flexibility index (Phi) is 4.46. The zero-order valence-electron chi connectivity index (χ0n) is 16.5. The first-order valence-corrected chi connectivity index (χ1v) is 9.77. The summed E-state index contributed by atoms with van der Waals surface area (Å²) >= 11 is 0. The van der Waals surface area contributed by atoms with Crippen molar-refractivity contribution in [2.45, 2.75) is 58.8 Å². The van der Waals surface area contributed by atoms with E-state index < -0.39 is 0 Å². The molecule has 2 fully saturated rings. The lowest BCUT2D eigenvalue weighted by molar-refractivity contribution is 0.594. The van der Waals surface area contributed by atoms with Crippen molar-refractivity contribution >= 4 is 17.1 Å². The number of aromatic nitrogens is 4. The fourth-order valence-corrected chi connectivity index (χ4v) is 4.42. The van der Waals surface area contributed by atoms with E-state index in [9.17, 15) is 9.59 Å². The van der Waals surface area contributed by atoms with Gasteiger partial charge in [0, 0.05) is 38.8 Å². The van der Waals surface area contributed by atoms with E-state index in [-0.39, 0.29) is 11.2 Å². The van der Waals surface area contributed by atoms with Crippen molar-refractivity contribution in [3.8, 4) is 0 Å². The van der Waals surface area contributed by atoms with Crippen molar-refractivity contribution < 1.29 is 0 Å². The number of hydrogen-bond acceptors (Lipinski definition) is 5. The molecule has 146 valence electrons. The number of imidazole rings is 1. The third kappa shape index (κ3) is 2.74. The SMILES string of the molecule is CCn1c(=O)c2c(nc(N3CC[C@H]4NCC[C@H]43)n2CC=C(C)C)n(C)c1=O. The van der Waals surface area contributed by atoms with Crippen LogP contribution in [0.15, 0.2) is 21.2 Å². The number of nitrogens with zero attached hydrogens (tertiary/aromatic N) is 5. The lowest BCUT2D eigenvalue weighted by Crippen LogP contribution is -2.39. The van der Waals surface area contributed by atoms with Gasteiger partial charge in [-0.2, -0.15) is 4.98 Å². The average molecular weight is 372 g/mol. The van der Waals surface area contributed by atoms with Crippen molar-refractivity contribution in [1.82, 2.24) is 24.0 Å². The van der Waals surface area contributed by atoms with Crippen LogP contribution in [0.5, 0.6) is 0 Å². The molecule has 0 saturated carbocycles. The molecule has 4 rings (SSSR count). The van der Waals surface area contributed by atoms with Crippen molar-refractivity contribution in [1.29, 1.82) is 0 Å². The standard InChI is InChI=1S/C19H28N6O2/c1-5-23-17(26)15-16(22(4)19(23)27)21-18(25(15)10-7-12(2)3)24-11-8-13-14(24)6-9-20-13/h7,13-14,20H,5-6,8-11H2,1-4H3/t13-,14-/m1/s1. The summed E-state index contributed by atoms with van der Waals surface area (Å²) in [5.41, 5.74) is 1.61. The third-order valence-corrected chi connectivity index (χ3v) is 5.86. The molecule has 2 saturated heterocycles. The minimum atomic E-state index is -0.310. The largest absolute Gasteiger partial charge is 0.338 e. The van der Waals surface area contributed by atoms with Crippen LogP contribution in [0, 0.1) is 0 Å². The van der Waals surface area contributed by atoms with Crippen LogP contribution < -0.4 is 21.5 Å². The first-order valence-electron chi connectivity index (χ1n) is 9.77. The Labute approximate surface area is 158 Å². The number of fused-ring (bicyclic) bond motifs is 2. The second-order valence-electron chi connectivity index (χ2n) is 7.77. The van der Waals surface area contributed by atoms with Crippen LogP contribution in [-0.2, 0) is 20.1 Å². The molecule has 2 atom stereocenters. The van der Waals surface area contributed by atoms with Crippen LogP contribution in [0.3, 0.4) is 0 Å². The Balaban J connectivity index is 1.98. The van der Waals surface area contributed by atoms with E-state index in [1.54, 1.807) is 7.05 Å². The molecule has 8 heteroatoms. The number of allylic oxidation sites excluding steroid dienone is 2. The first-order chi connectivity index (χ1) is 12.9. The lowest BCUT2D eigenvalue weighted by atomic mass is 10.1. The Hall–Kier alpha value is -2.35. The molecule has 0 unspecified atom stereocenters. The van der Waals surface area contributed by atoms with Gasteiger partial charge in [0.25, 0.3) is 5.56 Å². The van der Waals surface area contributed by atoms with Gasteiger partial charge in [-0.25, -0.2) is 4.79 Å². The molecule has 2 aromatic rings. The molecule has 2 aliphatic rings. The van der Waals surface area contributed by atoms with Gasteiger partial charge in [-0.3, -0.25) is 13.9 Å². The summed E-state index contributed by atoms with van der Waals surface area (Å²) in [7, 11) is 1.70. The minimum Gasteiger partial charge on any atom is -0.338 e. The van der Waals surface area contributed by atoms with E-state index in [0.717, 1.165) is 31.9 Å². The summed E-state index contributed by atoms with van der Waals surface area (Å²) in [5.74, 6) is 0.805. The molecule has 27 heavy (non-hydrogen) atoms. The minimum absolute atomic E-state index is 0.253. The van der Waals surface area contributed by atoms with Crippen LogP contribution in [0.2, 0.25) is 0 Å². The van der Waals surface area contributed by atoms with Gasteiger partial charge in [0.05, 0.1) is 0 Å². The fraction of sp³-hybridized carbons (Fsp3) is 0.632. The second kappa shape index (κ2) is 6.67. The van der Waals surface area contributed by atoms with Gasteiger partial charge < -0.3 is 14.8 Å². The van der Waals surface area contributed by atoms with Gasteiger partial charge in [0.2, 0.25) is 5.95 Å². The molecular formula is C19H28N6O2. The highest BCUT2D eigenvalue weighted by atomic mass is 16.2. The molecule has 8 nitrogen and oxygen atoms in total. The Morgan fingerprint density at radius 1 is 1.26 bits per heavy atom. The predicted molar refractivity (Wildman–Crippen MR) is 106 cm³/mol. The zero-order chi connectivity index (χ0) is 19.3. The zero-order valence-corrected chi connectivity index (χ0v) is 16.5. The van der Waals surface area contributed by atoms with Crippen molar-refractivity contribution in [3.63, 3.8) is 0 Å². The summed E-state index contributed by atoms with van der Waals surface area (Å²) in [6.07, 6.45) is 4.26. The summed E-state index contributed by atoms with van der Waals surface area (Å²) < 4.78 is 4.79. The number of anilines is 1. The molecule has 0 aliphatic carbocycles. The second-order valence-corrected chi connectivity index (χ2v) is 7.77. The van der Waals surface area contributed by atoms with Gasteiger partial charge in [-0.05, 0) is 40.2 Å². The monoisotopic (exact) mass is 372 g/mol. The van der Waals surface area contributed by atoms with Gasteiger partial charge in [0.1, 0.15) is 0 Å². The average Bonchev–Trinajstić information content (AvgIpc) is 3.32. The van der Waals surface area contributed by atoms with E-state index in [2.05, 4.69) is 16.3 Å². The summed E-state index contributed by atoms with van der Waals surface area (Å²) in [4.78, 5) is 32.8. The van der Waals surface area contributed by atoms with E-state index >= 15 is 0 Å². The maximum absolute atomic E-state index is 13.1. The van der Waals surface area contributed by atoms with Gasteiger partial charge >= 0.3 is 5.69 Å². The first kappa shape index (κ1) is 18.0. The van der Waals surface area contributed by atoms with Crippen LogP contribution in [0.25, 0.3) is 11.2 Å². The topological polar surface area (TPSA) is 77.1 Å². The maximum atomic E-state index is 13.1. The van der Waals surface area contributed by atoms with Crippen LogP contribution in [0.1, 0.15) is 33.6 Å². The van der Waals surface area contributed by atoms with Gasteiger partial charge in [-0.15, -0.1) is 0 Å². The number of rotatable bonds is 4. The Morgan fingerprint density at radius 3 is 2.74 bits per heavy atom. The van der Waals surface area contributed by atoms with Crippen molar-refractivity contribution in [2.75, 3.05) is 18.0 Å². The van der Waals surface area contributed by atoms with Gasteiger partial charge in [-0.1, -0.05) is 11.6 Å². The molecular weight excluding hydrogens is 344 g/mol. The Bertz CT molecular complexity index is 1020. The van der Waals surface area contributed by atoms with Gasteiger partial charge in [0.15, 0.2) is 11.2 Å². The van der Waals surface area contributed by atoms with E-state index in [1.807, 2.05) is 25.3 Å².